The molecule has 0 bridgehead atoms. The average molecular weight is 168 g/mol. The summed E-state index contributed by atoms with van der Waals surface area (Å²) >= 11 is 0. The monoisotopic (exact) mass is 168 g/mol. The van der Waals surface area contributed by atoms with Crippen LogP contribution in [0.25, 0.3) is 0 Å². The van der Waals surface area contributed by atoms with E-state index in [0.717, 1.165) is 8.58 Å². The van der Waals surface area contributed by atoms with Gasteiger partial charge in [0.2, 0.25) is 0 Å². The quantitative estimate of drug-likeness (QED) is 0.555. The van der Waals surface area contributed by atoms with E-state index in [1.165, 1.54) is 12.8 Å². The lowest BCUT2D eigenvalue weighted by Gasteiger charge is -2.27. The van der Waals surface area contributed by atoms with Gasteiger partial charge in [-0.05, 0) is 19.5 Å². The minimum atomic E-state index is 0.449. The maximum absolute atomic E-state index is 2.34. The number of hydrogen-bond acceptors (Lipinski definition) is 0. The van der Waals surface area contributed by atoms with Crippen LogP contribution in [-0.4, -0.2) is 11.8 Å². The van der Waals surface area contributed by atoms with Gasteiger partial charge in [-0.2, -0.15) is 0 Å². The van der Waals surface area contributed by atoms with Gasteiger partial charge in [-0.3, -0.25) is 0 Å². The molecule has 0 aromatic carbocycles. The fourth-order valence-electron chi connectivity index (χ4n) is 1.28. The lowest BCUT2D eigenvalue weighted by Crippen LogP contribution is -2.16. The molecule has 0 aromatic rings. The van der Waals surface area contributed by atoms with Crippen LogP contribution in [0.3, 0.4) is 0 Å². The maximum atomic E-state index is 2.34. The molecule has 62 valence electrons. The molecule has 1 rings (SSSR count). The van der Waals surface area contributed by atoms with Gasteiger partial charge in [0.1, 0.15) is 0 Å². The molecule has 0 N–H and O–H groups in total. The molecule has 1 unspecified atom stereocenters. The first-order chi connectivity index (χ1) is 5.17. The van der Waals surface area contributed by atoms with E-state index in [1.807, 2.05) is 0 Å². The molecular weight excluding hydrogens is 151 g/mol. The van der Waals surface area contributed by atoms with E-state index < -0.39 is 0 Å². The summed E-state index contributed by atoms with van der Waals surface area (Å²) in [4.78, 5) is 0. The van der Waals surface area contributed by atoms with Gasteiger partial charge in [0.15, 0.2) is 0 Å². The summed E-state index contributed by atoms with van der Waals surface area (Å²) in [6.45, 7) is 6.98. The third-order valence-electron chi connectivity index (χ3n) is 2.44. The van der Waals surface area contributed by atoms with Crippen molar-refractivity contribution >= 4 is 8.58 Å². The predicted molar refractivity (Wildman–Crippen MR) is 54.8 cm³/mol. The van der Waals surface area contributed by atoms with Crippen molar-refractivity contribution in [1.29, 1.82) is 0 Å². The second-order valence-electron chi connectivity index (χ2n) is 3.53. The van der Waals surface area contributed by atoms with Crippen molar-refractivity contribution in [2.75, 3.05) is 6.66 Å². The summed E-state index contributed by atoms with van der Waals surface area (Å²) in [5.41, 5.74) is 1.63. The number of allylic oxidation sites excluding steroid dienone is 4. The molecule has 0 nitrogen and oxygen atoms in total. The van der Waals surface area contributed by atoms with Gasteiger partial charge in [-0.15, -0.1) is 8.58 Å². The second-order valence-corrected chi connectivity index (χ2v) is 5.28. The van der Waals surface area contributed by atoms with Crippen molar-refractivity contribution in [3.63, 3.8) is 0 Å². The molecule has 0 amide bonds. The first-order valence-corrected chi connectivity index (χ1v) is 5.72. The molecule has 1 atom stereocenters. The van der Waals surface area contributed by atoms with Crippen molar-refractivity contribution < 1.29 is 0 Å². The van der Waals surface area contributed by atoms with Crippen LogP contribution in [0.4, 0.5) is 0 Å². The molecule has 0 heterocycles. The smallest absolute Gasteiger partial charge is 0.00296 e. The van der Waals surface area contributed by atoms with E-state index in [4.69, 9.17) is 0 Å². The molecule has 0 saturated heterocycles. The van der Waals surface area contributed by atoms with E-state index in [1.54, 1.807) is 5.57 Å². The normalized spacial score (nSPS) is 19.4. The second kappa shape index (κ2) is 3.54. The molecule has 0 radical (unpaired) electrons. The van der Waals surface area contributed by atoms with Gasteiger partial charge >= 0.3 is 0 Å². The Morgan fingerprint density at radius 2 is 2.18 bits per heavy atom. The van der Waals surface area contributed by atoms with Crippen LogP contribution in [0.5, 0.6) is 0 Å². The molecule has 0 aliphatic heterocycles. The summed E-state index contributed by atoms with van der Waals surface area (Å²) in [6.07, 6.45) is 9.24. The van der Waals surface area contributed by atoms with Crippen molar-refractivity contribution in [2.24, 2.45) is 0 Å². The van der Waals surface area contributed by atoms with Crippen LogP contribution < -0.4 is 0 Å². The van der Waals surface area contributed by atoms with E-state index in [2.05, 4.69) is 38.7 Å². The topological polar surface area (TPSA) is 0 Å². The Morgan fingerprint density at radius 1 is 1.45 bits per heavy atom. The lowest BCUT2D eigenvalue weighted by atomic mass is 9.94. The highest BCUT2D eigenvalue weighted by atomic mass is 31.1. The Kier molecular flexibility index (Phi) is 2.90. The number of hydrogen-bond donors (Lipinski definition) is 0. The highest BCUT2D eigenvalue weighted by molar-refractivity contribution is 7.39. The Morgan fingerprint density at radius 3 is 2.64 bits per heavy atom. The Hall–Kier alpha value is -0.0900. The molecular formula is C10H17P. The van der Waals surface area contributed by atoms with Gasteiger partial charge < -0.3 is 0 Å². The standard InChI is InChI=1S/C10H17P/c1-10(2,11-3)9-7-5-4-6-8-9/h4-5,7,11H,6,8H2,1-3H3. The minimum Gasteiger partial charge on any atom is -0.115 e. The van der Waals surface area contributed by atoms with Crippen LogP contribution in [0.1, 0.15) is 26.7 Å². The predicted octanol–water partition coefficient (Wildman–Crippen LogP) is 3.35. The lowest BCUT2D eigenvalue weighted by molar-refractivity contribution is 0.754. The largest absolute Gasteiger partial charge is 0.115 e. The van der Waals surface area contributed by atoms with Crippen LogP contribution in [0.15, 0.2) is 23.8 Å². The summed E-state index contributed by atoms with van der Waals surface area (Å²) in [5, 5.41) is 0.449. The summed E-state index contributed by atoms with van der Waals surface area (Å²) < 4.78 is 0. The minimum absolute atomic E-state index is 0.449. The van der Waals surface area contributed by atoms with Gasteiger partial charge in [-0.1, -0.05) is 37.6 Å². The first kappa shape index (κ1) is 9.00. The zero-order valence-electron chi connectivity index (χ0n) is 7.65. The first-order valence-electron chi connectivity index (χ1n) is 4.22. The van der Waals surface area contributed by atoms with Gasteiger partial charge in [0, 0.05) is 5.16 Å². The van der Waals surface area contributed by atoms with Crippen molar-refractivity contribution in [2.45, 2.75) is 31.8 Å². The highest BCUT2D eigenvalue weighted by Gasteiger charge is 2.20. The Balaban J connectivity index is 2.72. The SMILES string of the molecule is CPC(C)(C)C1=CC=CCC1. The molecule has 1 aliphatic carbocycles. The Bertz CT molecular complexity index is 187. The van der Waals surface area contributed by atoms with Gasteiger partial charge in [0.25, 0.3) is 0 Å². The summed E-state index contributed by atoms with van der Waals surface area (Å²) in [5.74, 6) is 0. The highest BCUT2D eigenvalue weighted by Crippen LogP contribution is 2.38. The molecule has 1 aliphatic rings. The number of rotatable bonds is 2. The van der Waals surface area contributed by atoms with Gasteiger partial charge in [-0.25, -0.2) is 0 Å². The summed E-state index contributed by atoms with van der Waals surface area (Å²) in [6, 6.07) is 0. The van der Waals surface area contributed by atoms with Crippen LogP contribution in [0, 0.1) is 0 Å². The zero-order chi connectivity index (χ0) is 8.32. The fourth-order valence-corrected chi connectivity index (χ4v) is 1.81. The third-order valence-corrected chi connectivity index (χ3v) is 4.01. The van der Waals surface area contributed by atoms with Crippen LogP contribution >= 0.6 is 8.58 Å². The average Bonchev–Trinajstić information content (AvgIpc) is 2.06. The van der Waals surface area contributed by atoms with Crippen molar-refractivity contribution in [3.8, 4) is 0 Å². The molecule has 0 fully saturated rings. The van der Waals surface area contributed by atoms with E-state index in [9.17, 15) is 0 Å². The van der Waals surface area contributed by atoms with E-state index in [-0.39, 0.29) is 0 Å². The van der Waals surface area contributed by atoms with Crippen molar-refractivity contribution in [3.05, 3.63) is 23.8 Å². The zero-order valence-corrected chi connectivity index (χ0v) is 8.65. The molecule has 0 spiro atoms. The Labute approximate surface area is 71.6 Å². The summed E-state index contributed by atoms with van der Waals surface area (Å²) in [7, 11) is 1.01. The maximum Gasteiger partial charge on any atom is 0.00296 e. The third kappa shape index (κ3) is 2.17. The molecule has 1 heteroatoms. The molecule has 11 heavy (non-hydrogen) atoms. The van der Waals surface area contributed by atoms with Crippen molar-refractivity contribution in [1.82, 2.24) is 0 Å². The van der Waals surface area contributed by atoms with Crippen LogP contribution in [0.2, 0.25) is 0 Å². The fraction of sp³-hybridized carbons (Fsp3) is 0.600. The van der Waals surface area contributed by atoms with E-state index >= 15 is 0 Å². The van der Waals surface area contributed by atoms with Gasteiger partial charge in [0.05, 0.1) is 0 Å². The molecule has 0 saturated carbocycles. The van der Waals surface area contributed by atoms with Crippen LogP contribution in [-0.2, 0) is 0 Å². The van der Waals surface area contributed by atoms with E-state index in [0.29, 0.717) is 5.16 Å². The molecule has 0 aromatic heterocycles.